The van der Waals surface area contributed by atoms with Crippen LogP contribution in [0.2, 0.25) is 0 Å². The lowest BCUT2D eigenvalue weighted by Crippen LogP contribution is -2.46. The Bertz CT molecular complexity index is 257. The van der Waals surface area contributed by atoms with Crippen LogP contribution in [0.3, 0.4) is 0 Å². The lowest BCUT2D eigenvalue weighted by atomic mass is 9.74. The minimum absolute atomic E-state index is 0.324. The van der Waals surface area contributed by atoms with E-state index in [1.807, 2.05) is 0 Å². The van der Waals surface area contributed by atoms with Gasteiger partial charge in [-0.25, -0.2) is 0 Å². The summed E-state index contributed by atoms with van der Waals surface area (Å²) >= 11 is 0. The Morgan fingerprint density at radius 3 is 2.44 bits per heavy atom. The molecule has 1 unspecified atom stereocenters. The highest BCUT2D eigenvalue weighted by Crippen LogP contribution is 2.35. The number of amides is 1. The minimum atomic E-state index is 0.324. The fourth-order valence-corrected chi connectivity index (χ4v) is 3.01. The van der Waals surface area contributed by atoms with Gasteiger partial charge in [0.05, 0.1) is 0 Å². The maximum absolute atomic E-state index is 11.8. The van der Waals surface area contributed by atoms with Crippen LogP contribution in [0, 0.1) is 23.7 Å². The lowest BCUT2D eigenvalue weighted by Gasteiger charge is -2.37. The van der Waals surface area contributed by atoms with E-state index in [0.29, 0.717) is 29.7 Å². The molecular weight excluding hydrogens is 198 g/mol. The molecule has 0 heterocycles. The zero-order chi connectivity index (χ0) is 11.7. The molecule has 0 aromatic carbocycles. The summed E-state index contributed by atoms with van der Waals surface area (Å²) in [6.07, 6.45) is 6.02. The zero-order valence-corrected chi connectivity index (χ0v) is 10.8. The molecule has 2 heteroatoms. The normalized spacial score (nSPS) is 35.1. The first-order valence-electron chi connectivity index (χ1n) is 6.88. The minimum Gasteiger partial charge on any atom is -0.353 e. The van der Waals surface area contributed by atoms with E-state index in [2.05, 4.69) is 26.1 Å². The topological polar surface area (TPSA) is 29.1 Å². The molecule has 0 bridgehead atoms. The Morgan fingerprint density at radius 1 is 1.19 bits per heavy atom. The van der Waals surface area contributed by atoms with Crippen LogP contribution in [0.1, 0.15) is 52.9 Å². The molecule has 3 atom stereocenters. The van der Waals surface area contributed by atoms with Gasteiger partial charge in [-0.05, 0) is 43.4 Å². The molecule has 0 radical (unpaired) electrons. The largest absolute Gasteiger partial charge is 0.353 e. The van der Waals surface area contributed by atoms with Crippen LogP contribution < -0.4 is 5.32 Å². The fraction of sp³-hybridized carbons (Fsp3) is 0.929. The van der Waals surface area contributed by atoms with Crippen molar-refractivity contribution in [2.24, 2.45) is 23.7 Å². The molecule has 2 aliphatic carbocycles. The Balaban J connectivity index is 1.93. The van der Waals surface area contributed by atoms with Gasteiger partial charge < -0.3 is 5.32 Å². The first-order valence-corrected chi connectivity index (χ1v) is 6.88. The number of hydrogen-bond acceptors (Lipinski definition) is 1. The summed E-state index contributed by atoms with van der Waals surface area (Å²) in [4.78, 5) is 11.8. The summed E-state index contributed by atoms with van der Waals surface area (Å²) in [5.41, 5.74) is 0. The van der Waals surface area contributed by atoms with E-state index in [4.69, 9.17) is 0 Å². The Hall–Kier alpha value is -0.530. The quantitative estimate of drug-likeness (QED) is 0.783. The molecule has 2 fully saturated rings. The van der Waals surface area contributed by atoms with E-state index >= 15 is 0 Å². The van der Waals surface area contributed by atoms with Crippen LogP contribution >= 0.6 is 0 Å². The molecule has 0 aromatic rings. The van der Waals surface area contributed by atoms with E-state index in [9.17, 15) is 4.79 Å². The Morgan fingerprint density at radius 2 is 1.88 bits per heavy atom. The van der Waals surface area contributed by atoms with Gasteiger partial charge >= 0.3 is 0 Å². The number of carbonyl (C=O) groups is 1. The fourth-order valence-electron chi connectivity index (χ4n) is 3.01. The molecule has 16 heavy (non-hydrogen) atoms. The predicted molar refractivity (Wildman–Crippen MR) is 66.0 cm³/mol. The van der Waals surface area contributed by atoms with Crippen molar-refractivity contribution in [2.45, 2.75) is 58.9 Å². The molecule has 0 aliphatic heterocycles. The Kier molecular flexibility index (Phi) is 3.56. The number of rotatable bonds is 3. The standard InChI is InChI=1S/C14H25NO/c1-9(2)12-7-4-10(3)8-13(12)15-14(16)11-5-6-11/h9-13H,4-8H2,1-3H3,(H,15,16)/t10-,12+,13?/m0/s1. The smallest absolute Gasteiger partial charge is 0.223 e. The molecule has 2 saturated carbocycles. The second-order valence-corrected chi connectivity index (χ2v) is 6.22. The maximum atomic E-state index is 11.8. The van der Waals surface area contributed by atoms with E-state index in [1.54, 1.807) is 0 Å². The van der Waals surface area contributed by atoms with E-state index in [-0.39, 0.29) is 0 Å². The van der Waals surface area contributed by atoms with Crippen molar-refractivity contribution in [1.82, 2.24) is 5.32 Å². The SMILES string of the molecule is CC(C)[C@H]1CC[C@H](C)CC1NC(=O)C1CC1. The predicted octanol–water partition coefficient (Wildman–Crippen LogP) is 2.97. The van der Waals surface area contributed by atoms with Gasteiger partial charge in [0.1, 0.15) is 0 Å². The molecule has 2 rings (SSSR count). The first kappa shape index (κ1) is 11.9. The van der Waals surface area contributed by atoms with Gasteiger partial charge in [-0.3, -0.25) is 4.79 Å². The molecule has 2 aliphatic rings. The summed E-state index contributed by atoms with van der Waals surface area (Å²) in [5, 5.41) is 3.30. The van der Waals surface area contributed by atoms with Crippen LogP contribution in [0.4, 0.5) is 0 Å². The molecule has 1 N–H and O–H groups in total. The van der Waals surface area contributed by atoms with Gasteiger partial charge in [-0.15, -0.1) is 0 Å². The van der Waals surface area contributed by atoms with Gasteiger partial charge in [0.2, 0.25) is 5.91 Å². The second kappa shape index (κ2) is 4.77. The van der Waals surface area contributed by atoms with Crippen LogP contribution in [-0.4, -0.2) is 11.9 Å². The molecule has 0 spiro atoms. The van der Waals surface area contributed by atoms with Crippen LogP contribution in [-0.2, 0) is 4.79 Å². The monoisotopic (exact) mass is 223 g/mol. The molecular formula is C14H25NO. The number of nitrogens with one attached hydrogen (secondary N) is 1. The average Bonchev–Trinajstić information content (AvgIpc) is 2.99. The van der Waals surface area contributed by atoms with Crippen molar-refractivity contribution in [1.29, 1.82) is 0 Å². The maximum Gasteiger partial charge on any atom is 0.223 e. The van der Waals surface area contributed by atoms with Gasteiger partial charge in [0, 0.05) is 12.0 Å². The average molecular weight is 223 g/mol. The summed E-state index contributed by atoms with van der Waals surface area (Å²) in [7, 11) is 0. The highest BCUT2D eigenvalue weighted by atomic mass is 16.2. The van der Waals surface area contributed by atoms with Crippen molar-refractivity contribution in [3.8, 4) is 0 Å². The lowest BCUT2D eigenvalue weighted by molar-refractivity contribution is -0.123. The Labute approximate surface area is 99.2 Å². The van der Waals surface area contributed by atoms with Crippen molar-refractivity contribution in [2.75, 3.05) is 0 Å². The van der Waals surface area contributed by atoms with E-state index in [0.717, 1.165) is 18.8 Å². The third-order valence-electron chi connectivity index (χ3n) is 4.30. The third kappa shape index (κ3) is 2.78. The van der Waals surface area contributed by atoms with Crippen molar-refractivity contribution in [3.05, 3.63) is 0 Å². The third-order valence-corrected chi connectivity index (χ3v) is 4.30. The van der Waals surface area contributed by atoms with Gasteiger partial charge in [0.25, 0.3) is 0 Å². The van der Waals surface area contributed by atoms with Crippen LogP contribution in [0.5, 0.6) is 0 Å². The van der Waals surface area contributed by atoms with Gasteiger partial charge in [-0.2, -0.15) is 0 Å². The summed E-state index contributed by atoms with van der Waals surface area (Å²) < 4.78 is 0. The molecule has 2 nitrogen and oxygen atoms in total. The van der Waals surface area contributed by atoms with Crippen LogP contribution in [0.25, 0.3) is 0 Å². The highest BCUT2D eigenvalue weighted by molar-refractivity contribution is 5.81. The number of hydrogen-bond donors (Lipinski definition) is 1. The molecule has 1 amide bonds. The van der Waals surface area contributed by atoms with Crippen molar-refractivity contribution in [3.63, 3.8) is 0 Å². The highest BCUT2D eigenvalue weighted by Gasteiger charge is 2.35. The molecule has 0 saturated heterocycles. The zero-order valence-electron chi connectivity index (χ0n) is 10.8. The molecule has 0 aromatic heterocycles. The summed E-state index contributed by atoms with van der Waals surface area (Å²) in [5.74, 6) is 2.84. The van der Waals surface area contributed by atoms with E-state index < -0.39 is 0 Å². The van der Waals surface area contributed by atoms with Crippen molar-refractivity contribution >= 4 is 5.91 Å². The summed E-state index contributed by atoms with van der Waals surface area (Å²) in [6.45, 7) is 6.89. The van der Waals surface area contributed by atoms with Gasteiger partial charge in [0.15, 0.2) is 0 Å². The number of carbonyl (C=O) groups excluding carboxylic acids is 1. The van der Waals surface area contributed by atoms with Crippen molar-refractivity contribution < 1.29 is 4.79 Å². The first-order chi connectivity index (χ1) is 7.58. The second-order valence-electron chi connectivity index (χ2n) is 6.22. The molecule has 92 valence electrons. The van der Waals surface area contributed by atoms with E-state index in [1.165, 1.54) is 19.3 Å². The van der Waals surface area contributed by atoms with Crippen LogP contribution in [0.15, 0.2) is 0 Å². The van der Waals surface area contributed by atoms with Gasteiger partial charge in [-0.1, -0.05) is 27.2 Å². The summed E-state index contributed by atoms with van der Waals surface area (Å²) in [6, 6.07) is 0.442.